The Kier molecular flexibility index (Phi) is 5.48. The van der Waals surface area contributed by atoms with Gasteiger partial charge in [0.15, 0.2) is 0 Å². The molecule has 1 aromatic heterocycles. The van der Waals surface area contributed by atoms with Gasteiger partial charge in [-0.05, 0) is 72.9 Å². The highest BCUT2D eigenvalue weighted by molar-refractivity contribution is 7.10. The van der Waals surface area contributed by atoms with Gasteiger partial charge in [0.25, 0.3) is 11.8 Å². The Labute approximate surface area is 168 Å². The van der Waals surface area contributed by atoms with E-state index >= 15 is 0 Å². The van der Waals surface area contributed by atoms with Crippen LogP contribution >= 0.6 is 11.3 Å². The summed E-state index contributed by atoms with van der Waals surface area (Å²) in [7, 11) is 1.58. The molecule has 2 aliphatic carbocycles. The number of methoxy groups -OCH3 is 1. The van der Waals surface area contributed by atoms with E-state index in [1.165, 1.54) is 30.6 Å². The molecule has 1 aromatic carbocycles. The van der Waals surface area contributed by atoms with E-state index in [9.17, 15) is 9.59 Å². The molecule has 0 spiro atoms. The largest absolute Gasteiger partial charge is 0.497 e. The number of carbonyl (C=O) groups is 2. The third kappa shape index (κ3) is 4.12. The first-order chi connectivity index (χ1) is 13.6. The monoisotopic (exact) mass is 396 g/mol. The van der Waals surface area contributed by atoms with Crippen LogP contribution in [-0.2, 0) is 4.79 Å². The lowest BCUT2D eigenvalue weighted by atomic mass is 9.95. The summed E-state index contributed by atoms with van der Waals surface area (Å²) in [6.45, 7) is 0. The molecule has 2 saturated carbocycles. The molecule has 0 aliphatic heterocycles. The summed E-state index contributed by atoms with van der Waals surface area (Å²) in [5.74, 6) is 1.48. The maximum absolute atomic E-state index is 13.0. The van der Waals surface area contributed by atoms with E-state index in [2.05, 4.69) is 10.6 Å². The van der Waals surface area contributed by atoms with Gasteiger partial charge >= 0.3 is 0 Å². The number of carbonyl (C=O) groups excluding carboxylic acids is 2. The van der Waals surface area contributed by atoms with Crippen molar-refractivity contribution in [3.05, 3.63) is 57.9 Å². The van der Waals surface area contributed by atoms with Crippen LogP contribution < -0.4 is 15.4 Å². The third-order valence-electron chi connectivity index (χ3n) is 5.73. The molecule has 2 N–H and O–H groups in total. The highest BCUT2D eigenvalue weighted by Gasteiger charge is 2.40. The first kappa shape index (κ1) is 18.7. The molecule has 2 fully saturated rings. The first-order valence-electron chi connectivity index (χ1n) is 9.64. The fourth-order valence-corrected chi connectivity index (χ4v) is 4.94. The predicted molar refractivity (Wildman–Crippen MR) is 110 cm³/mol. The van der Waals surface area contributed by atoms with Gasteiger partial charge < -0.3 is 15.4 Å². The lowest BCUT2D eigenvalue weighted by Gasteiger charge is -2.23. The second kappa shape index (κ2) is 8.19. The van der Waals surface area contributed by atoms with Gasteiger partial charge in [0.05, 0.1) is 7.11 Å². The van der Waals surface area contributed by atoms with Crippen molar-refractivity contribution in [1.29, 1.82) is 0 Å². The van der Waals surface area contributed by atoms with Gasteiger partial charge in [-0.25, -0.2) is 0 Å². The van der Waals surface area contributed by atoms with Crippen molar-refractivity contribution in [3.63, 3.8) is 0 Å². The zero-order valence-corrected chi connectivity index (χ0v) is 16.6. The van der Waals surface area contributed by atoms with Crippen molar-refractivity contribution < 1.29 is 14.3 Å². The van der Waals surface area contributed by atoms with Crippen LogP contribution in [0.2, 0.25) is 0 Å². The van der Waals surface area contributed by atoms with E-state index in [4.69, 9.17) is 4.74 Å². The summed E-state index contributed by atoms with van der Waals surface area (Å²) in [6.07, 6.45) is 6.48. The van der Waals surface area contributed by atoms with Gasteiger partial charge in [-0.3, -0.25) is 9.59 Å². The number of nitrogens with one attached hydrogen (secondary N) is 2. The molecule has 2 aliphatic rings. The number of ether oxygens (including phenoxy) is 1. The van der Waals surface area contributed by atoms with E-state index < -0.39 is 0 Å². The summed E-state index contributed by atoms with van der Waals surface area (Å²) in [5.41, 5.74) is 0.761. The van der Waals surface area contributed by atoms with Crippen LogP contribution in [-0.4, -0.2) is 25.0 Å². The Morgan fingerprint density at radius 2 is 1.96 bits per heavy atom. The Hall–Kier alpha value is -2.60. The number of rotatable bonds is 6. The molecule has 1 heterocycles. The Bertz CT molecular complexity index is 874. The Balaban J connectivity index is 1.50. The van der Waals surface area contributed by atoms with Crippen molar-refractivity contribution >= 4 is 29.2 Å². The van der Waals surface area contributed by atoms with Crippen molar-refractivity contribution in [2.45, 2.75) is 31.7 Å². The Morgan fingerprint density at radius 3 is 2.57 bits per heavy atom. The molecular weight excluding hydrogens is 372 g/mol. The van der Waals surface area contributed by atoms with E-state index in [1.807, 2.05) is 17.5 Å². The molecule has 0 radical (unpaired) electrons. The Morgan fingerprint density at radius 1 is 1.14 bits per heavy atom. The van der Waals surface area contributed by atoms with Gasteiger partial charge in [-0.1, -0.05) is 12.5 Å². The number of benzene rings is 1. The first-order valence-corrected chi connectivity index (χ1v) is 10.5. The molecule has 146 valence electrons. The minimum atomic E-state index is -0.312. The highest BCUT2D eigenvalue weighted by atomic mass is 32.1. The average molecular weight is 397 g/mol. The van der Waals surface area contributed by atoms with Crippen molar-refractivity contribution in [2.24, 2.45) is 11.8 Å². The fraction of sp³-hybridized carbons (Fsp3) is 0.364. The normalized spacial score (nSPS) is 23.5. The van der Waals surface area contributed by atoms with E-state index in [-0.39, 0.29) is 23.6 Å². The molecule has 2 amide bonds. The maximum atomic E-state index is 13.0. The van der Waals surface area contributed by atoms with Crippen molar-refractivity contribution in [1.82, 2.24) is 10.6 Å². The van der Waals surface area contributed by atoms with Crippen LogP contribution in [0.15, 0.2) is 47.5 Å². The van der Waals surface area contributed by atoms with E-state index in [1.54, 1.807) is 37.5 Å². The lowest BCUT2D eigenvalue weighted by molar-refractivity contribution is -0.118. The second-order valence-electron chi connectivity index (χ2n) is 7.51. The maximum Gasteiger partial charge on any atom is 0.268 e. The van der Waals surface area contributed by atoms with Crippen LogP contribution in [0.25, 0.3) is 6.08 Å². The summed E-state index contributed by atoms with van der Waals surface area (Å²) < 4.78 is 5.13. The van der Waals surface area contributed by atoms with Gasteiger partial charge in [0.1, 0.15) is 11.4 Å². The van der Waals surface area contributed by atoms with Gasteiger partial charge in [0.2, 0.25) is 0 Å². The summed E-state index contributed by atoms with van der Waals surface area (Å²) in [6, 6.07) is 10.9. The fourth-order valence-electron chi connectivity index (χ4n) is 4.28. The number of amides is 2. The molecule has 0 saturated heterocycles. The third-order valence-corrected chi connectivity index (χ3v) is 6.55. The zero-order chi connectivity index (χ0) is 19.5. The lowest BCUT2D eigenvalue weighted by Crippen LogP contribution is -2.42. The minimum Gasteiger partial charge on any atom is -0.497 e. The number of hydrogen-bond donors (Lipinski definition) is 2. The number of thiophene rings is 1. The highest BCUT2D eigenvalue weighted by Crippen LogP contribution is 2.44. The molecule has 5 nitrogen and oxygen atoms in total. The SMILES string of the molecule is COc1ccc(C(=O)N/C(=C\c2cccs2)C(=O)N[C@@H]2C[C@H]3CC[C@H]2C3)cc1. The number of hydrogen-bond acceptors (Lipinski definition) is 4. The van der Waals surface area contributed by atoms with Crippen LogP contribution in [0.3, 0.4) is 0 Å². The number of fused-ring (bicyclic) bond motifs is 2. The zero-order valence-electron chi connectivity index (χ0n) is 15.8. The topological polar surface area (TPSA) is 67.4 Å². The molecule has 3 atom stereocenters. The van der Waals surface area contributed by atoms with Gasteiger partial charge in [0, 0.05) is 16.5 Å². The van der Waals surface area contributed by atoms with Crippen LogP contribution in [0.1, 0.15) is 40.9 Å². The molecule has 2 bridgehead atoms. The standard InChI is InChI=1S/C22H24N2O3S/c1-27-17-8-6-15(7-9-17)21(25)24-20(13-18-3-2-10-28-18)22(26)23-19-12-14-4-5-16(19)11-14/h2-3,6-10,13-14,16,19H,4-5,11-12H2,1H3,(H,23,26)(H,24,25)/b20-13-/t14-,16-,19+/m0/s1. The van der Waals surface area contributed by atoms with Gasteiger partial charge in [-0.2, -0.15) is 0 Å². The summed E-state index contributed by atoms with van der Waals surface area (Å²) >= 11 is 1.53. The quantitative estimate of drug-likeness (QED) is 0.729. The summed E-state index contributed by atoms with van der Waals surface area (Å²) in [4.78, 5) is 26.6. The van der Waals surface area contributed by atoms with Gasteiger partial charge in [-0.15, -0.1) is 11.3 Å². The smallest absolute Gasteiger partial charge is 0.268 e. The van der Waals surface area contributed by atoms with Crippen molar-refractivity contribution in [3.8, 4) is 5.75 Å². The minimum absolute atomic E-state index is 0.215. The second-order valence-corrected chi connectivity index (χ2v) is 8.49. The molecule has 0 unspecified atom stereocenters. The van der Waals surface area contributed by atoms with Crippen LogP contribution in [0.5, 0.6) is 5.75 Å². The van der Waals surface area contributed by atoms with Crippen LogP contribution in [0, 0.1) is 11.8 Å². The average Bonchev–Trinajstić information content (AvgIpc) is 3.46. The predicted octanol–water partition coefficient (Wildman–Crippen LogP) is 3.83. The molecule has 4 rings (SSSR count). The molecule has 6 heteroatoms. The van der Waals surface area contributed by atoms with E-state index in [0.29, 0.717) is 17.2 Å². The summed E-state index contributed by atoms with van der Waals surface area (Å²) in [5, 5.41) is 7.91. The van der Waals surface area contributed by atoms with E-state index in [0.717, 1.165) is 17.2 Å². The molecule has 2 aromatic rings. The van der Waals surface area contributed by atoms with Crippen molar-refractivity contribution in [2.75, 3.05) is 7.11 Å². The molecular formula is C22H24N2O3S. The van der Waals surface area contributed by atoms with Crippen LogP contribution in [0.4, 0.5) is 0 Å². The molecule has 28 heavy (non-hydrogen) atoms.